The Morgan fingerprint density at radius 1 is 0.824 bits per heavy atom. The van der Waals surface area contributed by atoms with Gasteiger partial charge in [-0.1, -0.05) is 84.9 Å². The highest BCUT2D eigenvalue weighted by atomic mass is 16.2. The smallest absolute Gasteiger partial charge is 0.255 e. The summed E-state index contributed by atoms with van der Waals surface area (Å²) >= 11 is 0. The van der Waals surface area contributed by atoms with Crippen LogP contribution in [0.2, 0.25) is 0 Å². The third kappa shape index (κ3) is 3.54. The zero-order valence-corrected chi connectivity index (χ0v) is 18.6. The van der Waals surface area contributed by atoms with E-state index in [2.05, 4.69) is 41.4 Å². The van der Waals surface area contributed by atoms with Gasteiger partial charge in [0.2, 0.25) is 0 Å². The van der Waals surface area contributed by atoms with Crippen molar-refractivity contribution in [3.63, 3.8) is 0 Å². The van der Waals surface area contributed by atoms with E-state index in [1.807, 2.05) is 71.6 Å². The molecule has 0 N–H and O–H groups in total. The van der Waals surface area contributed by atoms with Crippen molar-refractivity contribution in [2.24, 2.45) is 0 Å². The van der Waals surface area contributed by atoms with Crippen molar-refractivity contribution in [3.05, 3.63) is 132 Å². The summed E-state index contributed by atoms with van der Waals surface area (Å²) in [5.41, 5.74) is 6.54. The minimum absolute atomic E-state index is 0.000868. The number of carbonyl (C=O) groups is 1. The SMILES string of the molecule is O=C(c1cc(-c2ccccc2)nc2ncccc12)N1CCc2ccccc2[C@@H]1c1ccccc1. The zero-order chi connectivity index (χ0) is 22.9. The van der Waals surface area contributed by atoms with E-state index in [0.717, 1.165) is 28.6 Å². The summed E-state index contributed by atoms with van der Waals surface area (Å²) in [6.07, 6.45) is 2.56. The summed E-state index contributed by atoms with van der Waals surface area (Å²) in [5.74, 6) is 0.000868. The number of rotatable bonds is 3. The number of nitrogens with zero attached hydrogens (tertiary/aromatic N) is 3. The lowest BCUT2D eigenvalue weighted by Gasteiger charge is -2.38. The van der Waals surface area contributed by atoms with Gasteiger partial charge in [0.1, 0.15) is 0 Å². The molecule has 4 nitrogen and oxygen atoms in total. The highest BCUT2D eigenvalue weighted by Gasteiger charge is 2.33. The summed E-state index contributed by atoms with van der Waals surface area (Å²) in [6.45, 7) is 0.653. The van der Waals surface area contributed by atoms with Crippen LogP contribution in [-0.4, -0.2) is 27.3 Å². The maximum Gasteiger partial charge on any atom is 0.255 e. The molecule has 5 aromatic rings. The number of aromatic nitrogens is 2. The molecule has 4 heteroatoms. The molecule has 0 unspecified atom stereocenters. The third-order valence-electron chi connectivity index (χ3n) is 6.54. The fourth-order valence-corrected chi connectivity index (χ4v) is 4.93. The van der Waals surface area contributed by atoms with Gasteiger partial charge >= 0.3 is 0 Å². The molecule has 0 bridgehead atoms. The van der Waals surface area contributed by atoms with E-state index in [9.17, 15) is 4.79 Å². The van der Waals surface area contributed by atoms with Gasteiger partial charge in [-0.2, -0.15) is 0 Å². The summed E-state index contributed by atoms with van der Waals surface area (Å²) < 4.78 is 0. The van der Waals surface area contributed by atoms with E-state index in [1.54, 1.807) is 6.20 Å². The van der Waals surface area contributed by atoms with E-state index in [0.29, 0.717) is 17.8 Å². The van der Waals surface area contributed by atoms with Crippen LogP contribution < -0.4 is 0 Å². The van der Waals surface area contributed by atoms with Crippen molar-refractivity contribution in [3.8, 4) is 11.3 Å². The Bertz CT molecular complexity index is 1480. The highest BCUT2D eigenvalue weighted by Crippen LogP contribution is 2.37. The number of fused-ring (bicyclic) bond motifs is 2. The molecule has 1 aliphatic rings. The second-order valence-corrected chi connectivity index (χ2v) is 8.56. The molecule has 3 aromatic carbocycles. The average Bonchev–Trinajstić information content (AvgIpc) is 2.92. The van der Waals surface area contributed by atoms with Gasteiger partial charge in [0.15, 0.2) is 5.65 Å². The maximum atomic E-state index is 14.3. The predicted octanol–water partition coefficient (Wildman–Crippen LogP) is 6.08. The average molecular weight is 442 g/mol. The number of benzene rings is 3. The third-order valence-corrected chi connectivity index (χ3v) is 6.54. The Morgan fingerprint density at radius 3 is 2.38 bits per heavy atom. The summed E-state index contributed by atoms with van der Waals surface area (Å²) in [5, 5.41) is 0.776. The van der Waals surface area contributed by atoms with Crippen LogP contribution in [0.25, 0.3) is 22.3 Å². The molecule has 0 fully saturated rings. The van der Waals surface area contributed by atoms with Crippen LogP contribution in [0, 0.1) is 0 Å². The number of amides is 1. The van der Waals surface area contributed by atoms with Crippen LogP contribution in [0.1, 0.15) is 33.1 Å². The predicted molar refractivity (Wildman–Crippen MR) is 134 cm³/mol. The largest absolute Gasteiger partial charge is 0.327 e. The zero-order valence-electron chi connectivity index (χ0n) is 18.6. The quantitative estimate of drug-likeness (QED) is 0.341. The van der Waals surface area contributed by atoms with E-state index < -0.39 is 0 Å². The topological polar surface area (TPSA) is 46.1 Å². The number of pyridine rings is 2. The van der Waals surface area contributed by atoms with Crippen molar-refractivity contribution >= 4 is 16.9 Å². The molecule has 2 aromatic heterocycles. The van der Waals surface area contributed by atoms with Crippen LogP contribution >= 0.6 is 0 Å². The van der Waals surface area contributed by atoms with Gasteiger partial charge in [-0.25, -0.2) is 9.97 Å². The highest BCUT2D eigenvalue weighted by molar-refractivity contribution is 6.06. The van der Waals surface area contributed by atoms with Crippen LogP contribution in [0.3, 0.4) is 0 Å². The molecule has 0 spiro atoms. The number of hydrogen-bond donors (Lipinski definition) is 0. The Balaban J connectivity index is 1.51. The molecule has 164 valence electrons. The molecule has 0 saturated carbocycles. The van der Waals surface area contributed by atoms with Crippen molar-refractivity contribution in [1.82, 2.24) is 14.9 Å². The van der Waals surface area contributed by atoms with Crippen LogP contribution in [0.15, 0.2) is 109 Å². The minimum Gasteiger partial charge on any atom is -0.327 e. The van der Waals surface area contributed by atoms with Gasteiger partial charge < -0.3 is 4.90 Å². The molecular formula is C30H23N3O. The summed E-state index contributed by atoms with van der Waals surface area (Å²) in [6, 6.07) is 34.3. The molecule has 6 rings (SSSR count). The second-order valence-electron chi connectivity index (χ2n) is 8.56. The van der Waals surface area contributed by atoms with Crippen molar-refractivity contribution in [2.75, 3.05) is 6.54 Å². The Morgan fingerprint density at radius 2 is 1.56 bits per heavy atom. The van der Waals surface area contributed by atoms with Crippen LogP contribution in [0.4, 0.5) is 0 Å². The van der Waals surface area contributed by atoms with Gasteiger partial charge in [-0.05, 0) is 41.3 Å². The van der Waals surface area contributed by atoms with Crippen LogP contribution in [-0.2, 0) is 6.42 Å². The molecule has 0 aliphatic carbocycles. The molecule has 1 amide bonds. The Hall–Kier alpha value is -4.31. The molecule has 0 radical (unpaired) electrons. The summed E-state index contributed by atoms with van der Waals surface area (Å²) in [4.78, 5) is 25.5. The molecule has 0 saturated heterocycles. The maximum absolute atomic E-state index is 14.3. The first-order chi connectivity index (χ1) is 16.8. The van der Waals surface area contributed by atoms with Crippen molar-refractivity contribution in [2.45, 2.75) is 12.5 Å². The molecular weight excluding hydrogens is 418 g/mol. The second kappa shape index (κ2) is 8.56. The first-order valence-corrected chi connectivity index (χ1v) is 11.5. The van der Waals surface area contributed by atoms with Gasteiger partial charge in [-0.15, -0.1) is 0 Å². The van der Waals surface area contributed by atoms with E-state index in [1.165, 1.54) is 11.1 Å². The van der Waals surface area contributed by atoms with Gasteiger partial charge in [0, 0.05) is 23.7 Å². The number of hydrogen-bond acceptors (Lipinski definition) is 3. The molecule has 3 heterocycles. The van der Waals surface area contributed by atoms with E-state index >= 15 is 0 Å². The first-order valence-electron chi connectivity index (χ1n) is 11.5. The lowest BCUT2D eigenvalue weighted by molar-refractivity contribution is 0.0696. The molecule has 1 atom stereocenters. The minimum atomic E-state index is -0.140. The molecule has 1 aliphatic heterocycles. The molecule has 34 heavy (non-hydrogen) atoms. The Kier molecular flexibility index (Phi) is 5.11. The normalized spacial score (nSPS) is 15.2. The fourth-order valence-electron chi connectivity index (χ4n) is 4.93. The van der Waals surface area contributed by atoms with Crippen LogP contribution in [0.5, 0.6) is 0 Å². The lowest BCUT2D eigenvalue weighted by atomic mass is 9.87. The lowest BCUT2D eigenvalue weighted by Crippen LogP contribution is -2.40. The summed E-state index contributed by atoms with van der Waals surface area (Å²) in [7, 11) is 0. The van der Waals surface area contributed by atoms with Crippen molar-refractivity contribution in [1.29, 1.82) is 0 Å². The first kappa shape index (κ1) is 20.3. The van der Waals surface area contributed by atoms with E-state index in [-0.39, 0.29) is 11.9 Å². The standard InChI is InChI=1S/C30H23N3O/c34-30(26-20-27(22-11-3-1-4-12-22)32-29-25(26)16-9-18-31-29)33-19-17-21-10-7-8-15-24(21)28(33)23-13-5-2-6-14-23/h1-16,18,20,28H,17,19H2/t28-/m0/s1. The fraction of sp³-hybridized carbons (Fsp3) is 0.100. The Labute approximate surface area is 198 Å². The van der Waals surface area contributed by atoms with Gasteiger partial charge in [-0.3, -0.25) is 4.79 Å². The monoisotopic (exact) mass is 441 g/mol. The van der Waals surface area contributed by atoms with Gasteiger partial charge in [0.05, 0.1) is 17.3 Å². The van der Waals surface area contributed by atoms with Crippen molar-refractivity contribution < 1.29 is 4.79 Å². The number of carbonyl (C=O) groups excluding carboxylic acids is 1. The van der Waals surface area contributed by atoms with Gasteiger partial charge in [0.25, 0.3) is 5.91 Å². The van der Waals surface area contributed by atoms with E-state index in [4.69, 9.17) is 4.98 Å².